The van der Waals surface area contributed by atoms with Crippen LogP contribution < -0.4 is 25.5 Å². The molecule has 256 valence electrons. The first-order valence-corrected chi connectivity index (χ1v) is 19.3. The van der Waals surface area contributed by atoms with Crippen molar-refractivity contribution in [3.05, 3.63) is 77.9 Å². The summed E-state index contributed by atoms with van der Waals surface area (Å²) in [6.07, 6.45) is -2.51. The molecule has 1 fully saturated rings. The summed E-state index contributed by atoms with van der Waals surface area (Å²) < 4.78 is 12.4. The van der Waals surface area contributed by atoms with Crippen LogP contribution in [0.25, 0.3) is 0 Å². The molecule has 5 rings (SSSR count). The third-order valence-electron chi connectivity index (χ3n) is 9.81. The van der Waals surface area contributed by atoms with E-state index in [1.807, 2.05) is 25.1 Å². The molecule has 1 spiro atoms. The number of aliphatic hydroxyl groups excluding tert-OH is 3. The number of anilines is 3. The molecule has 12 heteroatoms. The Bertz CT molecular complexity index is 1680. The summed E-state index contributed by atoms with van der Waals surface area (Å²) in [5.74, 6) is -0.954. The van der Waals surface area contributed by atoms with Gasteiger partial charge in [-0.05, 0) is 73.8 Å². The topological polar surface area (TPSA) is 158 Å². The average Bonchev–Trinajstić information content (AvgIpc) is 3.47. The molecule has 2 heterocycles. The highest BCUT2D eigenvalue weighted by molar-refractivity contribution is 6.91. The van der Waals surface area contributed by atoms with Gasteiger partial charge in [-0.15, -0.1) is 0 Å². The van der Waals surface area contributed by atoms with Crippen LogP contribution in [0.2, 0.25) is 18.6 Å². The minimum absolute atomic E-state index is 0.0792. The Hall–Kier alpha value is -4.07. The maximum atomic E-state index is 14.9. The molecule has 3 aromatic rings. The van der Waals surface area contributed by atoms with Crippen LogP contribution in [0.4, 0.5) is 17.1 Å². The minimum Gasteiger partial charge on any atom is -0.497 e. The summed E-state index contributed by atoms with van der Waals surface area (Å²) in [7, 11) is -0.774. The molecule has 0 unspecified atom stereocenters. The smallest absolute Gasteiger partial charge is 0.264 e. The largest absolute Gasteiger partial charge is 0.497 e. The van der Waals surface area contributed by atoms with Gasteiger partial charge in [-0.1, -0.05) is 49.5 Å². The lowest BCUT2D eigenvalue weighted by molar-refractivity contribution is -0.146. The lowest BCUT2D eigenvalue weighted by Gasteiger charge is -2.37. The zero-order valence-corrected chi connectivity index (χ0v) is 29.2. The Labute approximate surface area is 281 Å². The first kappa shape index (κ1) is 35.2. The van der Waals surface area contributed by atoms with Gasteiger partial charge < -0.3 is 40.3 Å². The van der Waals surface area contributed by atoms with Gasteiger partial charge in [0, 0.05) is 29.5 Å². The molecule has 0 bridgehead atoms. The standard InChI is InChI=1S/C36H45N3O8Si/c1-21-32(48(5,6)28-13-11-27(46-4)12-14-28)31(16-17-40)47-36(21)29-19-26(38-34(44)23(3)42)10-15-30(29)39(35(36)45)20-24-8-7-9-25(18-24)37-33(43)22(2)41/h7-15,18-19,21-23,31-32,40-42H,16-17,20H2,1-6H3,(H,37,43)(H,38,44)/t21-,22-,23-,31+,32-,36+/m0/s1. The van der Waals surface area contributed by atoms with Crippen molar-refractivity contribution >= 4 is 48.0 Å². The molecule has 5 N–H and O–H groups in total. The van der Waals surface area contributed by atoms with E-state index in [4.69, 9.17) is 9.47 Å². The van der Waals surface area contributed by atoms with Crippen LogP contribution in [0.1, 0.15) is 38.3 Å². The van der Waals surface area contributed by atoms with Crippen molar-refractivity contribution in [3.63, 3.8) is 0 Å². The normalized spacial score (nSPS) is 23.1. The van der Waals surface area contributed by atoms with E-state index in [2.05, 4.69) is 35.9 Å². The fraction of sp³-hybridized carbons (Fsp3) is 0.417. The second-order valence-corrected chi connectivity index (χ2v) is 18.0. The maximum absolute atomic E-state index is 14.9. The number of ether oxygens (including phenoxy) is 2. The molecule has 0 aliphatic carbocycles. The van der Waals surface area contributed by atoms with Crippen molar-refractivity contribution in [2.24, 2.45) is 5.92 Å². The third-order valence-corrected chi connectivity index (χ3v) is 14.2. The number of carbonyl (C=O) groups is 3. The van der Waals surface area contributed by atoms with Crippen LogP contribution in [0.3, 0.4) is 0 Å². The number of amides is 3. The summed E-state index contributed by atoms with van der Waals surface area (Å²) in [4.78, 5) is 41.3. The van der Waals surface area contributed by atoms with Crippen molar-refractivity contribution in [1.82, 2.24) is 0 Å². The summed E-state index contributed by atoms with van der Waals surface area (Å²) >= 11 is 0. The van der Waals surface area contributed by atoms with Crippen molar-refractivity contribution in [1.29, 1.82) is 0 Å². The maximum Gasteiger partial charge on any atom is 0.264 e. The highest BCUT2D eigenvalue weighted by Crippen LogP contribution is 2.60. The lowest BCUT2D eigenvalue weighted by Crippen LogP contribution is -2.51. The Morgan fingerprint density at radius 3 is 2.19 bits per heavy atom. The Morgan fingerprint density at radius 1 is 0.979 bits per heavy atom. The van der Waals surface area contributed by atoms with Gasteiger partial charge in [-0.3, -0.25) is 14.4 Å². The Kier molecular flexibility index (Phi) is 10.1. The molecule has 6 atom stereocenters. The van der Waals surface area contributed by atoms with Gasteiger partial charge >= 0.3 is 0 Å². The zero-order chi connectivity index (χ0) is 35.0. The SMILES string of the molecule is COc1ccc([Si](C)(C)[C@@H]2[C@@H](CCO)O[C@]3(C(=O)N(Cc4cccc(NC(=O)[C@H](C)O)c4)c4ccc(NC(=O)[C@H](C)O)cc43)[C@H]2C)cc1. The van der Waals surface area contributed by atoms with Gasteiger partial charge in [0.15, 0.2) is 5.60 Å². The van der Waals surface area contributed by atoms with Crippen LogP contribution >= 0.6 is 0 Å². The molecule has 0 saturated carbocycles. The summed E-state index contributed by atoms with van der Waals surface area (Å²) in [5.41, 5.74) is 1.37. The van der Waals surface area contributed by atoms with Gasteiger partial charge in [0.1, 0.15) is 18.0 Å². The molecule has 48 heavy (non-hydrogen) atoms. The quantitative estimate of drug-likeness (QED) is 0.194. The van der Waals surface area contributed by atoms with Crippen molar-refractivity contribution in [2.75, 3.05) is 29.3 Å². The van der Waals surface area contributed by atoms with E-state index in [-0.39, 0.29) is 30.5 Å². The number of fused-ring (bicyclic) bond motifs is 2. The predicted molar refractivity (Wildman–Crippen MR) is 186 cm³/mol. The molecular formula is C36H45N3O8Si. The molecule has 3 aromatic carbocycles. The second-order valence-electron chi connectivity index (χ2n) is 13.3. The van der Waals surface area contributed by atoms with Gasteiger partial charge in [-0.25, -0.2) is 0 Å². The highest BCUT2D eigenvalue weighted by atomic mass is 28.3. The summed E-state index contributed by atoms with van der Waals surface area (Å²) in [6.45, 7) is 9.37. The molecule has 3 amide bonds. The van der Waals surface area contributed by atoms with E-state index in [9.17, 15) is 29.7 Å². The molecule has 2 aliphatic rings. The van der Waals surface area contributed by atoms with Crippen LogP contribution in [0, 0.1) is 5.92 Å². The fourth-order valence-corrected chi connectivity index (χ4v) is 11.4. The molecule has 0 radical (unpaired) electrons. The molecular weight excluding hydrogens is 630 g/mol. The number of carbonyl (C=O) groups excluding carboxylic acids is 3. The Morgan fingerprint density at radius 2 is 1.60 bits per heavy atom. The number of hydrogen-bond acceptors (Lipinski definition) is 8. The number of rotatable bonds is 11. The van der Waals surface area contributed by atoms with Crippen molar-refractivity contribution < 1.29 is 39.2 Å². The number of nitrogens with zero attached hydrogens (tertiary/aromatic N) is 1. The van der Waals surface area contributed by atoms with Crippen molar-refractivity contribution in [2.45, 2.75) is 76.3 Å². The monoisotopic (exact) mass is 675 g/mol. The highest BCUT2D eigenvalue weighted by Gasteiger charge is 2.66. The first-order valence-electron chi connectivity index (χ1n) is 16.2. The lowest BCUT2D eigenvalue weighted by atomic mass is 9.82. The Balaban J connectivity index is 1.60. The van der Waals surface area contributed by atoms with E-state index in [1.165, 1.54) is 19.0 Å². The average molecular weight is 676 g/mol. The zero-order valence-electron chi connectivity index (χ0n) is 28.2. The van der Waals surface area contributed by atoms with E-state index < -0.39 is 43.8 Å². The van der Waals surface area contributed by atoms with E-state index in [1.54, 1.807) is 48.4 Å². The second kappa shape index (κ2) is 13.8. The molecule has 11 nitrogen and oxygen atoms in total. The third kappa shape index (κ3) is 6.38. The summed E-state index contributed by atoms with van der Waals surface area (Å²) in [5, 5.41) is 36.3. The van der Waals surface area contributed by atoms with Gasteiger partial charge in [0.25, 0.3) is 17.7 Å². The number of hydrogen-bond donors (Lipinski definition) is 5. The first-order chi connectivity index (χ1) is 22.7. The number of benzene rings is 3. The van der Waals surface area contributed by atoms with E-state index in [0.717, 1.165) is 11.3 Å². The van der Waals surface area contributed by atoms with Crippen molar-refractivity contribution in [3.8, 4) is 5.75 Å². The molecule has 1 saturated heterocycles. The van der Waals surface area contributed by atoms with Crippen LogP contribution in [0.5, 0.6) is 5.75 Å². The van der Waals surface area contributed by atoms with E-state index in [0.29, 0.717) is 29.0 Å². The van der Waals surface area contributed by atoms with E-state index >= 15 is 0 Å². The van der Waals surface area contributed by atoms with Gasteiger partial charge in [-0.2, -0.15) is 0 Å². The summed E-state index contributed by atoms with van der Waals surface area (Å²) in [6, 6.07) is 20.3. The number of nitrogens with one attached hydrogen (secondary N) is 2. The number of aliphatic hydroxyl groups is 3. The van der Waals surface area contributed by atoms with Crippen LogP contribution in [-0.4, -0.2) is 73.1 Å². The molecule has 0 aromatic heterocycles. The van der Waals surface area contributed by atoms with Crippen LogP contribution in [-0.2, 0) is 31.3 Å². The molecule has 2 aliphatic heterocycles. The number of methoxy groups -OCH3 is 1. The van der Waals surface area contributed by atoms with Gasteiger partial charge in [0.05, 0.1) is 33.5 Å². The fourth-order valence-electron chi connectivity index (χ4n) is 7.37. The predicted octanol–water partition coefficient (Wildman–Crippen LogP) is 3.48. The van der Waals surface area contributed by atoms with Crippen LogP contribution in [0.15, 0.2) is 66.7 Å². The minimum atomic E-state index is -2.40. The van der Waals surface area contributed by atoms with Gasteiger partial charge in [0.2, 0.25) is 0 Å².